The number of esters is 1. The number of hydrogen-bond acceptors (Lipinski definition) is 4. The summed E-state index contributed by atoms with van der Waals surface area (Å²) >= 11 is 0. The summed E-state index contributed by atoms with van der Waals surface area (Å²) < 4.78 is 6.81. The van der Waals surface area contributed by atoms with Gasteiger partial charge in [0.05, 0.1) is 12.3 Å². The molecule has 0 radical (unpaired) electrons. The topological polar surface area (TPSA) is 56.5 Å². The zero-order valence-electron chi connectivity index (χ0n) is 17.1. The van der Waals surface area contributed by atoms with E-state index in [0.717, 1.165) is 35.2 Å². The first-order chi connectivity index (χ1) is 13.5. The van der Waals surface area contributed by atoms with Crippen LogP contribution in [0.4, 0.5) is 0 Å². The molecule has 2 saturated carbocycles. The highest BCUT2D eigenvalue weighted by Crippen LogP contribution is 2.43. The van der Waals surface area contributed by atoms with E-state index in [4.69, 9.17) is 9.72 Å². The normalized spacial score (nSPS) is 24.7. The van der Waals surface area contributed by atoms with Crippen LogP contribution in [-0.2, 0) is 11.2 Å². The lowest BCUT2D eigenvalue weighted by atomic mass is 9.67. The summed E-state index contributed by atoms with van der Waals surface area (Å²) in [4.78, 5) is 16.9. The number of rotatable bonds is 5. The second-order valence-electron chi connectivity index (χ2n) is 8.62. The third-order valence-corrected chi connectivity index (χ3v) is 6.55. The van der Waals surface area contributed by atoms with Crippen LogP contribution in [0, 0.1) is 17.8 Å². The molecule has 0 aromatic carbocycles. The fourth-order valence-electron chi connectivity index (χ4n) is 5.19. The third-order valence-electron chi connectivity index (χ3n) is 6.55. The lowest BCUT2D eigenvalue weighted by Gasteiger charge is -2.39. The lowest BCUT2D eigenvalue weighted by Crippen LogP contribution is -2.28. The van der Waals surface area contributed by atoms with E-state index in [1.54, 1.807) is 17.5 Å². The van der Waals surface area contributed by atoms with E-state index in [9.17, 15) is 4.79 Å². The van der Waals surface area contributed by atoms with E-state index >= 15 is 0 Å². The Hall–Kier alpha value is -2.17. The van der Waals surface area contributed by atoms with Crippen molar-refractivity contribution >= 4 is 17.2 Å². The van der Waals surface area contributed by atoms with Crippen LogP contribution in [0.3, 0.4) is 0 Å². The maximum atomic E-state index is 12.1. The number of carbonyl (C=O) groups excluding carboxylic acids is 1. The van der Waals surface area contributed by atoms with Gasteiger partial charge in [0.15, 0.2) is 11.3 Å². The third kappa shape index (κ3) is 3.85. The fourth-order valence-corrected chi connectivity index (χ4v) is 5.19. The van der Waals surface area contributed by atoms with Gasteiger partial charge in [0.1, 0.15) is 0 Å². The van der Waals surface area contributed by atoms with Crippen LogP contribution in [0.2, 0.25) is 0 Å². The van der Waals surface area contributed by atoms with Crippen LogP contribution in [0.5, 0.6) is 0 Å². The molecule has 2 aromatic rings. The predicted molar refractivity (Wildman–Crippen MR) is 110 cm³/mol. The monoisotopic (exact) mass is 381 g/mol. The van der Waals surface area contributed by atoms with E-state index in [-0.39, 0.29) is 0 Å². The van der Waals surface area contributed by atoms with E-state index < -0.39 is 5.97 Å². The molecule has 2 aliphatic rings. The minimum absolute atomic E-state index is 0.303. The molecule has 0 amide bonds. The van der Waals surface area contributed by atoms with Gasteiger partial charge in [-0.25, -0.2) is 14.3 Å². The highest BCUT2D eigenvalue weighted by Gasteiger charge is 2.32. The number of hydrogen-bond donors (Lipinski definition) is 0. The zero-order chi connectivity index (χ0) is 19.7. The maximum Gasteiger partial charge on any atom is 0.358 e. The van der Waals surface area contributed by atoms with Crippen molar-refractivity contribution in [3.05, 3.63) is 35.8 Å². The minimum atomic E-state index is -0.405. The van der Waals surface area contributed by atoms with Crippen molar-refractivity contribution < 1.29 is 9.53 Å². The van der Waals surface area contributed by atoms with Crippen molar-refractivity contribution in [3.8, 4) is 0 Å². The number of nitrogens with zero attached hydrogens (tertiary/aromatic N) is 3. The Morgan fingerprint density at radius 1 is 1.21 bits per heavy atom. The van der Waals surface area contributed by atoms with Crippen LogP contribution in [0.1, 0.15) is 80.7 Å². The molecule has 2 fully saturated rings. The molecule has 2 heterocycles. The molecule has 0 spiro atoms. The standard InChI is InChI=1S/C23H31N3O2/c1-4-28-23(27)20-14-22-24-19(13-21(15(2)3)26(22)25-20)12-16-9-10-17-7-5-6-8-18(17)11-16/h13-14,16-18H,2,4-12H2,1,3H3. The number of fused-ring (bicyclic) bond motifs is 2. The lowest BCUT2D eigenvalue weighted by molar-refractivity contribution is 0.0519. The van der Waals surface area contributed by atoms with Gasteiger partial charge in [0.25, 0.3) is 0 Å². The van der Waals surface area contributed by atoms with Crippen molar-refractivity contribution in [2.75, 3.05) is 6.61 Å². The molecule has 3 atom stereocenters. The summed E-state index contributed by atoms with van der Waals surface area (Å²) in [6.45, 7) is 8.20. The molecule has 2 aromatic heterocycles. The van der Waals surface area contributed by atoms with Gasteiger partial charge in [-0.1, -0.05) is 32.3 Å². The van der Waals surface area contributed by atoms with E-state index in [0.29, 0.717) is 23.9 Å². The molecule has 0 N–H and O–H groups in total. The summed E-state index contributed by atoms with van der Waals surface area (Å²) in [6, 6.07) is 3.83. The van der Waals surface area contributed by atoms with Crippen LogP contribution in [0.25, 0.3) is 11.2 Å². The van der Waals surface area contributed by atoms with E-state index in [1.165, 1.54) is 44.9 Å². The summed E-state index contributed by atoms with van der Waals surface area (Å²) in [5.74, 6) is 2.19. The first kappa shape index (κ1) is 19.2. The fraction of sp³-hybridized carbons (Fsp3) is 0.609. The van der Waals surface area contributed by atoms with Crippen LogP contribution in [0.15, 0.2) is 18.7 Å². The van der Waals surface area contributed by atoms with Gasteiger partial charge in [-0.05, 0) is 68.9 Å². The van der Waals surface area contributed by atoms with Gasteiger partial charge in [-0.15, -0.1) is 0 Å². The van der Waals surface area contributed by atoms with Crippen molar-refractivity contribution in [1.82, 2.24) is 14.6 Å². The minimum Gasteiger partial charge on any atom is -0.461 e. The Kier molecular flexibility index (Phi) is 5.51. The first-order valence-electron chi connectivity index (χ1n) is 10.8. The second-order valence-corrected chi connectivity index (χ2v) is 8.62. The average molecular weight is 382 g/mol. The SMILES string of the molecule is C=C(C)c1cc(CC2CCC3CCCCC3C2)nc2cc(C(=O)OCC)nn12. The quantitative estimate of drug-likeness (QED) is 0.677. The van der Waals surface area contributed by atoms with Crippen molar-refractivity contribution in [2.24, 2.45) is 17.8 Å². The summed E-state index contributed by atoms with van der Waals surface area (Å²) in [5, 5.41) is 4.41. The Balaban J connectivity index is 1.58. The van der Waals surface area contributed by atoms with Crippen LogP contribution >= 0.6 is 0 Å². The Labute approximate surface area is 167 Å². The highest BCUT2D eigenvalue weighted by molar-refractivity contribution is 5.88. The average Bonchev–Trinajstić information content (AvgIpc) is 3.11. The van der Waals surface area contributed by atoms with Gasteiger partial charge in [0, 0.05) is 11.8 Å². The van der Waals surface area contributed by atoms with Gasteiger partial charge in [0.2, 0.25) is 0 Å². The Bertz CT molecular complexity index is 885. The molecule has 0 saturated heterocycles. The van der Waals surface area contributed by atoms with Gasteiger partial charge in [-0.2, -0.15) is 5.10 Å². The van der Waals surface area contributed by atoms with Gasteiger partial charge in [-0.3, -0.25) is 0 Å². The second kappa shape index (κ2) is 8.06. The highest BCUT2D eigenvalue weighted by atomic mass is 16.5. The molecule has 4 rings (SSSR count). The predicted octanol–water partition coefficient (Wildman–Crippen LogP) is 5.09. The summed E-state index contributed by atoms with van der Waals surface area (Å²) in [7, 11) is 0. The molecule has 3 unspecified atom stereocenters. The van der Waals surface area contributed by atoms with E-state index in [1.807, 2.05) is 6.92 Å². The molecule has 150 valence electrons. The molecular formula is C23H31N3O2. The summed E-state index contributed by atoms with van der Waals surface area (Å²) in [6.07, 6.45) is 10.7. The number of aromatic nitrogens is 3. The first-order valence-corrected chi connectivity index (χ1v) is 10.8. The van der Waals surface area contributed by atoms with Crippen molar-refractivity contribution in [2.45, 2.75) is 65.2 Å². The van der Waals surface area contributed by atoms with Crippen molar-refractivity contribution in [3.63, 3.8) is 0 Å². The van der Waals surface area contributed by atoms with Crippen LogP contribution < -0.4 is 0 Å². The molecule has 0 bridgehead atoms. The molecule has 2 aliphatic carbocycles. The molecule has 5 nitrogen and oxygen atoms in total. The largest absolute Gasteiger partial charge is 0.461 e. The Morgan fingerprint density at radius 2 is 2.00 bits per heavy atom. The van der Waals surface area contributed by atoms with Crippen molar-refractivity contribution in [1.29, 1.82) is 0 Å². The van der Waals surface area contributed by atoms with Gasteiger partial charge < -0.3 is 4.74 Å². The Morgan fingerprint density at radius 3 is 2.75 bits per heavy atom. The van der Waals surface area contributed by atoms with Crippen LogP contribution in [-0.4, -0.2) is 27.2 Å². The molecule has 0 aliphatic heterocycles. The molecule has 28 heavy (non-hydrogen) atoms. The van der Waals surface area contributed by atoms with E-state index in [2.05, 4.69) is 17.7 Å². The van der Waals surface area contributed by atoms with Gasteiger partial charge >= 0.3 is 5.97 Å². The maximum absolute atomic E-state index is 12.1. The molecular weight excluding hydrogens is 350 g/mol. The molecule has 5 heteroatoms. The summed E-state index contributed by atoms with van der Waals surface area (Å²) in [5.41, 5.74) is 3.92. The number of allylic oxidation sites excluding steroid dienone is 1. The number of ether oxygens (including phenoxy) is 1. The smallest absolute Gasteiger partial charge is 0.358 e. The zero-order valence-corrected chi connectivity index (χ0v) is 17.1. The number of carbonyl (C=O) groups is 1.